The molecule has 0 amide bonds. The Morgan fingerprint density at radius 3 is 2.68 bits per heavy atom. The molecule has 1 atom stereocenters. The molecular formula is C21H21N3O4. The molecule has 1 aliphatic rings. The van der Waals surface area contributed by atoms with Crippen LogP contribution in [0.1, 0.15) is 35.7 Å². The molecule has 7 heteroatoms. The molecule has 0 aliphatic heterocycles. The van der Waals surface area contributed by atoms with Crippen molar-refractivity contribution in [3.8, 4) is 11.3 Å². The number of aromatic carboxylic acids is 1. The molecule has 0 saturated carbocycles. The summed E-state index contributed by atoms with van der Waals surface area (Å²) in [6.07, 6.45) is 14.6. The van der Waals surface area contributed by atoms with E-state index in [-0.39, 0.29) is 22.1 Å². The molecule has 28 heavy (non-hydrogen) atoms. The van der Waals surface area contributed by atoms with Crippen molar-refractivity contribution in [2.24, 2.45) is 14.1 Å². The van der Waals surface area contributed by atoms with Crippen LogP contribution in [-0.2, 0) is 19.5 Å². The fourth-order valence-electron chi connectivity index (χ4n) is 3.93. The predicted octanol–water partition coefficient (Wildman–Crippen LogP) is 3.39. The largest absolute Gasteiger partial charge is 0.478 e. The third-order valence-corrected chi connectivity index (χ3v) is 5.50. The molecule has 1 unspecified atom stereocenters. The highest BCUT2D eigenvalue weighted by atomic mass is 16.4. The highest BCUT2D eigenvalue weighted by Crippen LogP contribution is 2.42. The maximum Gasteiger partial charge on any atom is 0.340 e. The summed E-state index contributed by atoms with van der Waals surface area (Å²) in [4.78, 5) is 25.0. The molecular weight excluding hydrogens is 358 g/mol. The van der Waals surface area contributed by atoms with Crippen LogP contribution in [0.25, 0.3) is 22.3 Å². The summed E-state index contributed by atoms with van der Waals surface area (Å²) in [5.41, 5.74) is 0.794. The van der Waals surface area contributed by atoms with Gasteiger partial charge in [-0.1, -0.05) is 31.2 Å². The van der Waals surface area contributed by atoms with Crippen molar-refractivity contribution in [3.63, 3.8) is 0 Å². The lowest BCUT2D eigenvalue weighted by atomic mass is 9.73. The van der Waals surface area contributed by atoms with Crippen LogP contribution in [0.15, 0.2) is 52.1 Å². The third kappa shape index (κ3) is 2.54. The van der Waals surface area contributed by atoms with Gasteiger partial charge in [0.05, 0.1) is 11.8 Å². The summed E-state index contributed by atoms with van der Waals surface area (Å²) in [5, 5.41) is 14.1. The lowest BCUT2D eigenvalue weighted by Crippen LogP contribution is -2.27. The van der Waals surface area contributed by atoms with Gasteiger partial charge in [-0.3, -0.25) is 9.48 Å². The maximum absolute atomic E-state index is 12.9. The predicted molar refractivity (Wildman–Crippen MR) is 105 cm³/mol. The fourth-order valence-corrected chi connectivity index (χ4v) is 3.93. The molecule has 0 radical (unpaired) electrons. The number of carboxylic acid groups (broad SMARTS) is 1. The second-order valence-electron chi connectivity index (χ2n) is 7.18. The topological polar surface area (TPSA) is 90.3 Å². The van der Waals surface area contributed by atoms with E-state index in [0.29, 0.717) is 11.1 Å². The summed E-state index contributed by atoms with van der Waals surface area (Å²) in [7, 11) is 3.38. The Bertz CT molecular complexity index is 1210. The van der Waals surface area contributed by atoms with E-state index >= 15 is 0 Å². The highest BCUT2D eigenvalue weighted by molar-refractivity contribution is 6.08. The summed E-state index contributed by atoms with van der Waals surface area (Å²) < 4.78 is 9.11. The summed E-state index contributed by atoms with van der Waals surface area (Å²) >= 11 is 0. The number of hydrogen-bond acceptors (Lipinski definition) is 4. The molecule has 0 aromatic carbocycles. The first-order valence-electron chi connectivity index (χ1n) is 9.11. The smallest absolute Gasteiger partial charge is 0.340 e. The van der Waals surface area contributed by atoms with Gasteiger partial charge in [0.2, 0.25) is 0 Å². The van der Waals surface area contributed by atoms with E-state index < -0.39 is 11.5 Å². The zero-order valence-corrected chi connectivity index (χ0v) is 16.0. The highest BCUT2D eigenvalue weighted by Gasteiger charge is 2.35. The Morgan fingerprint density at radius 2 is 2.11 bits per heavy atom. The average molecular weight is 379 g/mol. The molecule has 3 aromatic rings. The summed E-state index contributed by atoms with van der Waals surface area (Å²) in [6.45, 7) is 2.07. The van der Waals surface area contributed by atoms with Gasteiger partial charge in [0.1, 0.15) is 16.5 Å². The Labute approximate surface area is 161 Å². The first kappa shape index (κ1) is 18.0. The van der Waals surface area contributed by atoms with E-state index in [1.165, 1.54) is 10.8 Å². The number of allylic oxidation sites excluding steroid dienone is 4. The molecule has 0 spiro atoms. The molecule has 1 N–H and O–H groups in total. The molecule has 7 nitrogen and oxygen atoms in total. The van der Waals surface area contributed by atoms with Crippen molar-refractivity contribution in [1.82, 2.24) is 14.3 Å². The second-order valence-corrected chi connectivity index (χ2v) is 7.18. The van der Waals surface area contributed by atoms with Gasteiger partial charge in [-0.25, -0.2) is 4.79 Å². The molecule has 0 saturated heterocycles. The van der Waals surface area contributed by atoms with Crippen molar-refractivity contribution in [2.45, 2.75) is 25.2 Å². The number of aryl methyl sites for hydroxylation is 2. The second kappa shape index (κ2) is 6.37. The third-order valence-electron chi connectivity index (χ3n) is 5.50. The average Bonchev–Trinajstić information content (AvgIpc) is 3.29. The Hall–Kier alpha value is -3.35. The van der Waals surface area contributed by atoms with Crippen LogP contribution in [0.2, 0.25) is 0 Å². The monoisotopic (exact) mass is 379 g/mol. The van der Waals surface area contributed by atoms with Crippen LogP contribution < -0.4 is 5.56 Å². The number of aromatic nitrogens is 3. The fraction of sp³-hybridized carbons (Fsp3) is 0.286. The van der Waals surface area contributed by atoms with Crippen molar-refractivity contribution in [3.05, 3.63) is 64.4 Å². The first-order valence-corrected chi connectivity index (χ1v) is 9.11. The van der Waals surface area contributed by atoms with Crippen molar-refractivity contribution in [1.29, 1.82) is 0 Å². The standard InChI is InChI=1S/C21H21N3O4/c1-4-21(8-6-5-7-9-21)14-12-23(2)19(25)15-16(20(26)27)17(28-18(14)15)13-10-22-24(3)11-13/h5-8,10-12H,4,9H2,1-3H3,(H,26,27). The minimum absolute atomic E-state index is 0.0992. The minimum atomic E-state index is -1.20. The molecule has 3 aromatic heterocycles. The SMILES string of the molecule is CCC1(c2cn(C)c(=O)c3c(C(=O)O)c(-c4cnn(C)c4)oc23)C=CC=CC1. The van der Waals surface area contributed by atoms with Crippen molar-refractivity contribution >= 4 is 16.9 Å². The normalized spacial score (nSPS) is 18.8. The molecule has 144 valence electrons. The zero-order valence-electron chi connectivity index (χ0n) is 16.0. The molecule has 4 rings (SSSR count). The number of rotatable bonds is 4. The van der Waals surface area contributed by atoms with E-state index in [1.54, 1.807) is 31.2 Å². The van der Waals surface area contributed by atoms with Crippen molar-refractivity contribution < 1.29 is 14.3 Å². The van der Waals surface area contributed by atoms with E-state index in [9.17, 15) is 14.7 Å². The van der Waals surface area contributed by atoms with E-state index in [4.69, 9.17) is 4.42 Å². The van der Waals surface area contributed by atoms with Crippen LogP contribution in [0.3, 0.4) is 0 Å². The lowest BCUT2D eigenvalue weighted by molar-refractivity contribution is 0.0699. The van der Waals surface area contributed by atoms with E-state index in [0.717, 1.165) is 18.4 Å². The molecule has 0 bridgehead atoms. The van der Waals surface area contributed by atoms with Gasteiger partial charge in [0, 0.05) is 37.5 Å². The van der Waals surface area contributed by atoms with E-state index in [1.807, 2.05) is 12.2 Å². The molecule has 0 fully saturated rings. The first-order chi connectivity index (χ1) is 13.4. The summed E-state index contributed by atoms with van der Waals surface area (Å²) in [5.74, 6) is -1.04. The van der Waals surface area contributed by atoms with Crippen molar-refractivity contribution in [2.75, 3.05) is 0 Å². The van der Waals surface area contributed by atoms with Gasteiger partial charge in [0.15, 0.2) is 5.76 Å². The quantitative estimate of drug-likeness (QED) is 0.750. The Balaban J connectivity index is 2.13. The van der Waals surface area contributed by atoms with Crippen LogP contribution in [-0.4, -0.2) is 25.4 Å². The van der Waals surface area contributed by atoms with E-state index in [2.05, 4.69) is 24.2 Å². The van der Waals surface area contributed by atoms with Crippen LogP contribution in [0.5, 0.6) is 0 Å². The van der Waals surface area contributed by atoms with Gasteiger partial charge in [0.25, 0.3) is 5.56 Å². The van der Waals surface area contributed by atoms with Gasteiger partial charge in [-0.2, -0.15) is 5.10 Å². The number of carboxylic acids is 1. The van der Waals surface area contributed by atoms with Gasteiger partial charge in [-0.05, 0) is 12.8 Å². The molecule has 3 heterocycles. The maximum atomic E-state index is 12.9. The number of pyridine rings is 1. The molecule has 1 aliphatic carbocycles. The van der Waals surface area contributed by atoms with Gasteiger partial charge in [-0.15, -0.1) is 0 Å². The summed E-state index contributed by atoms with van der Waals surface area (Å²) in [6, 6.07) is 0. The van der Waals surface area contributed by atoms with Crippen LogP contribution in [0.4, 0.5) is 0 Å². The van der Waals surface area contributed by atoms with Gasteiger partial charge < -0.3 is 14.1 Å². The number of furan rings is 1. The van der Waals surface area contributed by atoms with Crippen LogP contribution in [0, 0.1) is 0 Å². The minimum Gasteiger partial charge on any atom is -0.478 e. The number of carbonyl (C=O) groups is 1. The van der Waals surface area contributed by atoms with Gasteiger partial charge >= 0.3 is 5.97 Å². The number of fused-ring (bicyclic) bond motifs is 1. The van der Waals surface area contributed by atoms with Crippen LogP contribution >= 0.6 is 0 Å². The zero-order chi connectivity index (χ0) is 20.1. The Morgan fingerprint density at radius 1 is 1.32 bits per heavy atom. The Kier molecular flexibility index (Phi) is 4.10. The number of hydrogen-bond donors (Lipinski definition) is 1. The number of nitrogens with zero attached hydrogens (tertiary/aromatic N) is 3. The lowest BCUT2D eigenvalue weighted by Gasteiger charge is -2.30.